The summed E-state index contributed by atoms with van der Waals surface area (Å²) in [7, 11) is 4.33. The molecule has 0 spiro atoms. The van der Waals surface area contributed by atoms with Crippen LogP contribution in [0.4, 0.5) is 5.82 Å². The highest BCUT2D eigenvalue weighted by molar-refractivity contribution is 5.36. The molecule has 2 rings (SSSR count). The van der Waals surface area contributed by atoms with E-state index in [4.69, 9.17) is 0 Å². The Bertz CT molecular complexity index is 427. The van der Waals surface area contributed by atoms with Gasteiger partial charge in [0, 0.05) is 31.2 Å². The van der Waals surface area contributed by atoms with Gasteiger partial charge >= 0.3 is 0 Å². The van der Waals surface area contributed by atoms with Crippen molar-refractivity contribution in [3.63, 3.8) is 0 Å². The number of piperidine rings is 1. The van der Waals surface area contributed by atoms with E-state index in [1.165, 1.54) is 12.8 Å². The predicted molar refractivity (Wildman–Crippen MR) is 87.5 cm³/mol. The van der Waals surface area contributed by atoms with Gasteiger partial charge < -0.3 is 15.1 Å². The van der Waals surface area contributed by atoms with Gasteiger partial charge in [0.1, 0.15) is 5.82 Å². The van der Waals surface area contributed by atoms with E-state index < -0.39 is 0 Å². The molecule has 0 unspecified atom stereocenters. The third-order valence-corrected chi connectivity index (χ3v) is 4.01. The summed E-state index contributed by atoms with van der Waals surface area (Å²) in [4.78, 5) is 13.8. The molecule has 0 atom stereocenters. The average Bonchev–Trinajstić information content (AvgIpc) is 2.45. The van der Waals surface area contributed by atoms with Gasteiger partial charge in [-0.25, -0.2) is 4.98 Å². The van der Waals surface area contributed by atoms with Crippen LogP contribution >= 0.6 is 0 Å². The van der Waals surface area contributed by atoms with E-state index in [2.05, 4.69) is 60.0 Å². The van der Waals surface area contributed by atoms with Crippen LogP contribution in [0.25, 0.3) is 0 Å². The molecule has 0 aliphatic carbocycles. The molecule has 5 nitrogen and oxygen atoms in total. The van der Waals surface area contributed by atoms with E-state index in [-0.39, 0.29) is 5.54 Å². The molecule has 1 aromatic heterocycles. The fourth-order valence-electron chi connectivity index (χ4n) is 2.57. The molecule has 1 aliphatic heterocycles. The summed E-state index contributed by atoms with van der Waals surface area (Å²) < 4.78 is 0. The summed E-state index contributed by atoms with van der Waals surface area (Å²) in [5.74, 6) is 1.01. The van der Waals surface area contributed by atoms with Gasteiger partial charge in [-0.1, -0.05) is 0 Å². The Balaban J connectivity index is 1.88. The van der Waals surface area contributed by atoms with Gasteiger partial charge in [-0.05, 0) is 47.7 Å². The lowest BCUT2D eigenvalue weighted by Crippen LogP contribution is -2.42. The SMILES string of the molecule is CN(C)C1CCN(c2cnc(CNC(C)(C)C)cn2)CC1. The van der Waals surface area contributed by atoms with Crippen molar-refractivity contribution in [2.24, 2.45) is 0 Å². The molecule has 1 fully saturated rings. The van der Waals surface area contributed by atoms with E-state index in [0.717, 1.165) is 31.1 Å². The molecule has 1 saturated heterocycles. The van der Waals surface area contributed by atoms with Crippen LogP contribution in [0.2, 0.25) is 0 Å². The molecule has 0 amide bonds. The molecule has 2 heterocycles. The number of nitrogens with one attached hydrogen (secondary N) is 1. The van der Waals surface area contributed by atoms with Crippen LogP contribution in [0.3, 0.4) is 0 Å². The van der Waals surface area contributed by atoms with E-state index in [1.54, 1.807) is 0 Å². The summed E-state index contributed by atoms with van der Waals surface area (Å²) >= 11 is 0. The van der Waals surface area contributed by atoms with Crippen LogP contribution in [0.5, 0.6) is 0 Å². The van der Waals surface area contributed by atoms with Gasteiger partial charge in [-0.15, -0.1) is 0 Å². The van der Waals surface area contributed by atoms with Crippen molar-refractivity contribution >= 4 is 5.82 Å². The summed E-state index contributed by atoms with van der Waals surface area (Å²) in [5, 5.41) is 3.43. The van der Waals surface area contributed by atoms with E-state index in [9.17, 15) is 0 Å². The van der Waals surface area contributed by atoms with Crippen molar-refractivity contribution in [3.8, 4) is 0 Å². The van der Waals surface area contributed by atoms with E-state index >= 15 is 0 Å². The minimum atomic E-state index is 0.106. The van der Waals surface area contributed by atoms with Gasteiger partial charge in [0.05, 0.1) is 18.1 Å². The maximum absolute atomic E-state index is 4.58. The molecule has 118 valence electrons. The molecule has 1 N–H and O–H groups in total. The van der Waals surface area contributed by atoms with E-state index in [0.29, 0.717) is 6.04 Å². The lowest BCUT2D eigenvalue weighted by molar-refractivity contribution is 0.249. The van der Waals surface area contributed by atoms with Gasteiger partial charge in [0.25, 0.3) is 0 Å². The summed E-state index contributed by atoms with van der Waals surface area (Å²) in [5.41, 5.74) is 1.10. The first-order chi connectivity index (χ1) is 9.85. The van der Waals surface area contributed by atoms with Crippen LogP contribution in [-0.2, 0) is 6.54 Å². The van der Waals surface area contributed by atoms with Crippen molar-refractivity contribution in [1.29, 1.82) is 0 Å². The van der Waals surface area contributed by atoms with Crippen LogP contribution < -0.4 is 10.2 Å². The molecule has 21 heavy (non-hydrogen) atoms. The number of rotatable bonds is 4. The highest BCUT2D eigenvalue weighted by Gasteiger charge is 2.21. The smallest absolute Gasteiger partial charge is 0.147 e. The van der Waals surface area contributed by atoms with Crippen molar-refractivity contribution in [2.45, 2.75) is 51.7 Å². The Labute approximate surface area is 128 Å². The van der Waals surface area contributed by atoms with Gasteiger partial charge in [-0.3, -0.25) is 4.98 Å². The Kier molecular flexibility index (Phi) is 5.17. The Morgan fingerprint density at radius 2 is 1.86 bits per heavy atom. The molecular weight excluding hydrogens is 262 g/mol. The monoisotopic (exact) mass is 291 g/mol. The topological polar surface area (TPSA) is 44.3 Å². The Hall–Kier alpha value is -1.20. The van der Waals surface area contributed by atoms with Crippen LogP contribution in [-0.4, -0.2) is 53.6 Å². The third kappa shape index (κ3) is 4.93. The zero-order valence-corrected chi connectivity index (χ0v) is 14.1. The fourth-order valence-corrected chi connectivity index (χ4v) is 2.57. The summed E-state index contributed by atoms with van der Waals surface area (Å²) in [6, 6.07) is 0.699. The number of hydrogen-bond acceptors (Lipinski definition) is 5. The molecule has 0 saturated carbocycles. The normalized spacial score (nSPS) is 17.5. The lowest BCUT2D eigenvalue weighted by atomic mass is 10.0. The van der Waals surface area contributed by atoms with Crippen LogP contribution in [0.15, 0.2) is 12.4 Å². The highest BCUT2D eigenvalue weighted by atomic mass is 15.2. The van der Waals surface area contributed by atoms with Gasteiger partial charge in [-0.2, -0.15) is 0 Å². The first-order valence-corrected chi connectivity index (χ1v) is 7.82. The number of aromatic nitrogens is 2. The fraction of sp³-hybridized carbons (Fsp3) is 0.750. The van der Waals surface area contributed by atoms with Crippen molar-refractivity contribution in [1.82, 2.24) is 20.2 Å². The van der Waals surface area contributed by atoms with Gasteiger partial charge in [0.15, 0.2) is 0 Å². The Morgan fingerprint density at radius 3 is 2.33 bits per heavy atom. The van der Waals surface area contributed by atoms with Crippen molar-refractivity contribution < 1.29 is 0 Å². The zero-order chi connectivity index (χ0) is 15.5. The molecule has 0 aromatic carbocycles. The van der Waals surface area contributed by atoms with E-state index in [1.807, 2.05) is 12.4 Å². The molecule has 0 radical (unpaired) electrons. The summed E-state index contributed by atoms with van der Waals surface area (Å²) in [6.45, 7) is 9.37. The molecule has 5 heteroatoms. The molecule has 1 aromatic rings. The number of nitrogens with zero attached hydrogens (tertiary/aromatic N) is 4. The number of hydrogen-bond donors (Lipinski definition) is 1. The van der Waals surface area contributed by atoms with Crippen LogP contribution in [0, 0.1) is 0 Å². The molecule has 0 bridgehead atoms. The Morgan fingerprint density at radius 1 is 1.19 bits per heavy atom. The van der Waals surface area contributed by atoms with Crippen molar-refractivity contribution in [3.05, 3.63) is 18.1 Å². The highest BCUT2D eigenvalue weighted by Crippen LogP contribution is 2.19. The number of anilines is 1. The second-order valence-electron chi connectivity index (χ2n) is 7.15. The largest absolute Gasteiger partial charge is 0.355 e. The first kappa shape index (κ1) is 16.2. The third-order valence-electron chi connectivity index (χ3n) is 4.01. The van der Waals surface area contributed by atoms with Gasteiger partial charge in [0.2, 0.25) is 0 Å². The maximum Gasteiger partial charge on any atom is 0.147 e. The minimum absolute atomic E-state index is 0.106. The molecule has 1 aliphatic rings. The average molecular weight is 291 g/mol. The zero-order valence-electron chi connectivity index (χ0n) is 14.1. The first-order valence-electron chi connectivity index (χ1n) is 7.82. The predicted octanol–water partition coefficient (Wildman–Crippen LogP) is 1.90. The molecular formula is C16H29N5. The minimum Gasteiger partial charge on any atom is -0.355 e. The summed E-state index contributed by atoms with van der Waals surface area (Å²) in [6.07, 6.45) is 6.20. The maximum atomic E-state index is 4.58. The second-order valence-corrected chi connectivity index (χ2v) is 7.15. The standard InChI is InChI=1S/C16H29N5/c1-16(2,3)19-11-13-10-18-15(12-17-13)21-8-6-14(7-9-21)20(4)5/h10,12,14,19H,6-9,11H2,1-5H3. The second kappa shape index (κ2) is 6.71. The quantitative estimate of drug-likeness (QED) is 0.918. The van der Waals surface area contributed by atoms with Crippen molar-refractivity contribution in [2.75, 3.05) is 32.1 Å². The van der Waals surface area contributed by atoms with Crippen LogP contribution in [0.1, 0.15) is 39.3 Å². The lowest BCUT2D eigenvalue weighted by Gasteiger charge is -2.35.